The predicted octanol–water partition coefficient (Wildman–Crippen LogP) is 5.46. The van der Waals surface area contributed by atoms with E-state index in [1.54, 1.807) is 5.57 Å². The highest BCUT2D eigenvalue weighted by Gasteiger charge is 2.41. The molecule has 1 aromatic rings. The minimum atomic E-state index is -0.132. The first-order valence-electron chi connectivity index (χ1n) is 10.0. The lowest BCUT2D eigenvalue weighted by molar-refractivity contribution is 0.0808. The van der Waals surface area contributed by atoms with Crippen LogP contribution in [-0.4, -0.2) is 23.1 Å². The molecule has 25 heavy (non-hydrogen) atoms. The van der Waals surface area contributed by atoms with Crippen molar-refractivity contribution in [2.45, 2.75) is 76.5 Å². The summed E-state index contributed by atoms with van der Waals surface area (Å²) in [4.78, 5) is 14.7. The van der Waals surface area contributed by atoms with E-state index in [-0.39, 0.29) is 12.1 Å². The number of ether oxygens (including phenoxy) is 1. The molecule has 2 unspecified atom stereocenters. The number of carbonyl (C=O) groups excluding carboxylic acids is 1. The van der Waals surface area contributed by atoms with Gasteiger partial charge in [-0.3, -0.25) is 4.90 Å². The highest BCUT2D eigenvalue weighted by Crippen LogP contribution is 2.41. The number of carbonyl (C=O) groups is 1. The molecule has 4 rings (SSSR count). The molecule has 134 valence electrons. The van der Waals surface area contributed by atoms with Crippen LogP contribution in [0.25, 0.3) is 0 Å². The highest BCUT2D eigenvalue weighted by atomic mass is 16.6. The van der Waals surface area contributed by atoms with Crippen molar-refractivity contribution >= 4 is 6.09 Å². The third-order valence-electron chi connectivity index (χ3n) is 6.22. The van der Waals surface area contributed by atoms with Crippen molar-refractivity contribution in [3.63, 3.8) is 0 Å². The summed E-state index contributed by atoms with van der Waals surface area (Å²) in [6.07, 6.45) is 13.8. The van der Waals surface area contributed by atoms with Gasteiger partial charge in [0.25, 0.3) is 0 Å². The van der Waals surface area contributed by atoms with Gasteiger partial charge < -0.3 is 4.74 Å². The Morgan fingerprint density at radius 2 is 1.76 bits per heavy atom. The van der Waals surface area contributed by atoms with Crippen LogP contribution in [0.3, 0.4) is 0 Å². The fraction of sp³-hybridized carbons (Fsp3) is 0.591. The maximum Gasteiger partial charge on any atom is 0.410 e. The van der Waals surface area contributed by atoms with Crippen molar-refractivity contribution in [1.29, 1.82) is 0 Å². The van der Waals surface area contributed by atoms with Gasteiger partial charge in [0, 0.05) is 6.04 Å². The van der Waals surface area contributed by atoms with Gasteiger partial charge in [-0.15, -0.1) is 0 Å². The standard InChI is InChI=1S/C22H29NO2/c24-22(25-16-17-8-4-3-5-9-17)23-20-12-13-21(23)15-19(14-20)18-10-6-1-2-7-11-18/h3-5,8-9,14,18,20-21H,1-2,6-7,10-13,15-16H2. The first-order chi connectivity index (χ1) is 12.3. The third-order valence-corrected chi connectivity index (χ3v) is 6.22. The molecule has 1 aliphatic carbocycles. The number of fused-ring (bicyclic) bond motifs is 2. The number of rotatable bonds is 3. The van der Waals surface area contributed by atoms with Gasteiger partial charge in [-0.1, -0.05) is 67.7 Å². The first kappa shape index (κ1) is 16.7. The minimum Gasteiger partial charge on any atom is -0.445 e. The molecule has 3 aliphatic rings. The van der Waals surface area contributed by atoms with Crippen molar-refractivity contribution in [2.24, 2.45) is 5.92 Å². The molecule has 1 amide bonds. The molecule has 0 spiro atoms. The number of hydrogen-bond donors (Lipinski definition) is 0. The first-order valence-corrected chi connectivity index (χ1v) is 10.0. The zero-order valence-electron chi connectivity index (χ0n) is 15.0. The molecule has 1 saturated carbocycles. The lowest BCUT2D eigenvalue weighted by atomic mass is 9.85. The van der Waals surface area contributed by atoms with E-state index in [9.17, 15) is 4.79 Å². The fourth-order valence-corrected chi connectivity index (χ4v) is 4.89. The van der Waals surface area contributed by atoms with Crippen LogP contribution in [-0.2, 0) is 11.3 Å². The second kappa shape index (κ2) is 7.63. The van der Waals surface area contributed by atoms with Crippen LogP contribution in [0.15, 0.2) is 42.0 Å². The number of hydrogen-bond acceptors (Lipinski definition) is 2. The van der Waals surface area contributed by atoms with Crippen molar-refractivity contribution in [3.8, 4) is 0 Å². The van der Waals surface area contributed by atoms with Crippen molar-refractivity contribution in [3.05, 3.63) is 47.5 Å². The summed E-state index contributed by atoms with van der Waals surface area (Å²) in [7, 11) is 0. The van der Waals surface area contributed by atoms with Gasteiger partial charge in [-0.05, 0) is 43.6 Å². The normalized spacial score (nSPS) is 26.9. The van der Waals surface area contributed by atoms with Crippen LogP contribution in [0.5, 0.6) is 0 Å². The zero-order chi connectivity index (χ0) is 17.1. The Kier molecular flexibility index (Phi) is 5.09. The minimum absolute atomic E-state index is 0.132. The molecule has 0 N–H and O–H groups in total. The summed E-state index contributed by atoms with van der Waals surface area (Å²) in [6.45, 7) is 0.370. The van der Waals surface area contributed by atoms with Crippen LogP contribution in [0.1, 0.15) is 63.4 Å². The smallest absolute Gasteiger partial charge is 0.410 e. The van der Waals surface area contributed by atoms with E-state index < -0.39 is 0 Å². The van der Waals surface area contributed by atoms with E-state index in [0.29, 0.717) is 12.6 Å². The maximum absolute atomic E-state index is 12.6. The van der Waals surface area contributed by atoms with Gasteiger partial charge in [0.15, 0.2) is 0 Å². The summed E-state index contributed by atoms with van der Waals surface area (Å²) in [5.74, 6) is 0.771. The van der Waals surface area contributed by atoms with Gasteiger partial charge in [-0.25, -0.2) is 4.79 Å². The highest BCUT2D eigenvalue weighted by molar-refractivity contribution is 5.70. The predicted molar refractivity (Wildman–Crippen MR) is 99.2 cm³/mol. The Labute approximate surface area is 151 Å². The zero-order valence-corrected chi connectivity index (χ0v) is 15.0. The van der Waals surface area contributed by atoms with E-state index >= 15 is 0 Å². The quantitative estimate of drug-likeness (QED) is 0.541. The van der Waals surface area contributed by atoms with E-state index in [1.165, 1.54) is 38.5 Å². The monoisotopic (exact) mass is 339 g/mol. The molecule has 2 atom stereocenters. The third kappa shape index (κ3) is 3.75. The summed E-state index contributed by atoms with van der Waals surface area (Å²) in [5, 5.41) is 0. The van der Waals surface area contributed by atoms with E-state index in [2.05, 4.69) is 6.08 Å². The molecule has 2 bridgehead atoms. The molecule has 3 heteroatoms. The molecular weight excluding hydrogens is 310 g/mol. The number of benzene rings is 1. The van der Waals surface area contributed by atoms with Crippen molar-refractivity contribution in [2.75, 3.05) is 0 Å². The summed E-state index contributed by atoms with van der Waals surface area (Å²) < 4.78 is 5.61. The van der Waals surface area contributed by atoms with Gasteiger partial charge in [0.2, 0.25) is 0 Å². The van der Waals surface area contributed by atoms with Gasteiger partial charge in [-0.2, -0.15) is 0 Å². The topological polar surface area (TPSA) is 29.5 Å². The molecule has 1 saturated heterocycles. The van der Waals surface area contributed by atoms with Crippen LogP contribution >= 0.6 is 0 Å². The van der Waals surface area contributed by atoms with Crippen molar-refractivity contribution in [1.82, 2.24) is 4.90 Å². The molecule has 2 aliphatic heterocycles. The Balaban J connectivity index is 1.39. The number of amides is 1. The molecule has 0 aromatic heterocycles. The molecular formula is C22H29NO2. The van der Waals surface area contributed by atoms with Crippen LogP contribution in [0, 0.1) is 5.92 Å². The molecule has 1 aromatic carbocycles. The van der Waals surface area contributed by atoms with Crippen molar-refractivity contribution < 1.29 is 9.53 Å². The second-order valence-corrected chi connectivity index (χ2v) is 7.88. The summed E-state index contributed by atoms with van der Waals surface area (Å²) in [5.41, 5.74) is 2.69. The average molecular weight is 339 g/mol. The van der Waals surface area contributed by atoms with Crippen LogP contribution in [0.4, 0.5) is 4.79 Å². The maximum atomic E-state index is 12.6. The summed E-state index contributed by atoms with van der Waals surface area (Å²) in [6, 6.07) is 10.6. The fourth-order valence-electron chi connectivity index (χ4n) is 4.89. The molecule has 2 fully saturated rings. The Morgan fingerprint density at radius 3 is 2.48 bits per heavy atom. The van der Waals surface area contributed by atoms with Gasteiger partial charge in [0.1, 0.15) is 6.61 Å². The lowest BCUT2D eigenvalue weighted by Crippen LogP contribution is -2.44. The van der Waals surface area contributed by atoms with E-state index in [0.717, 1.165) is 30.7 Å². The molecule has 0 radical (unpaired) electrons. The Hall–Kier alpha value is -1.77. The number of nitrogens with zero attached hydrogens (tertiary/aromatic N) is 1. The summed E-state index contributed by atoms with van der Waals surface area (Å²) >= 11 is 0. The Morgan fingerprint density at radius 1 is 1.00 bits per heavy atom. The second-order valence-electron chi connectivity index (χ2n) is 7.88. The van der Waals surface area contributed by atoms with E-state index in [1.807, 2.05) is 35.2 Å². The van der Waals surface area contributed by atoms with Crippen LogP contribution in [0.2, 0.25) is 0 Å². The van der Waals surface area contributed by atoms with Gasteiger partial charge in [0.05, 0.1) is 6.04 Å². The largest absolute Gasteiger partial charge is 0.445 e. The van der Waals surface area contributed by atoms with Crippen LogP contribution < -0.4 is 0 Å². The SMILES string of the molecule is O=C(OCc1ccccc1)N1C2C=C(C3CCCCCC3)CC1CC2. The lowest BCUT2D eigenvalue weighted by Gasteiger charge is -2.35. The Bertz CT molecular complexity index is 616. The van der Waals surface area contributed by atoms with E-state index in [4.69, 9.17) is 4.74 Å². The molecule has 2 heterocycles. The van der Waals surface area contributed by atoms with Gasteiger partial charge >= 0.3 is 6.09 Å². The average Bonchev–Trinajstić information content (AvgIpc) is 2.85. The molecule has 3 nitrogen and oxygen atoms in total.